The first-order chi connectivity index (χ1) is 14.6. The van der Waals surface area contributed by atoms with Gasteiger partial charge in [0.25, 0.3) is 0 Å². The van der Waals surface area contributed by atoms with Gasteiger partial charge in [-0.25, -0.2) is 0 Å². The molecule has 154 valence electrons. The van der Waals surface area contributed by atoms with Crippen molar-refractivity contribution in [2.75, 3.05) is 13.2 Å². The van der Waals surface area contributed by atoms with Gasteiger partial charge in [-0.15, -0.1) is 11.3 Å². The van der Waals surface area contributed by atoms with E-state index in [0.29, 0.717) is 18.7 Å². The predicted molar refractivity (Wildman–Crippen MR) is 121 cm³/mol. The number of hydrogen-bond donors (Lipinski definition) is 1. The van der Waals surface area contributed by atoms with E-state index in [2.05, 4.69) is 35.7 Å². The lowest BCUT2D eigenvalue weighted by Gasteiger charge is -2.26. The van der Waals surface area contributed by atoms with Crippen LogP contribution in [-0.2, 0) is 16.1 Å². The Hall–Kier alpha value is -2.68. The van der Waals surface area contributed by atoms with E-state index < -0.39 is 0 Å². The molecule has 4 nitrogen and oxygen atoms in total. The van der Waals surface area contributed by atoms with Crippen LogP contribution in [0.15, 0.2) is 48.5 Å². The Bertz CT molecular complexity index is 1090. The second-order valence-electron chi connectivity index (χ2n) is 7.95. The van der Waals surface area contributed by atoms with Crippen molar-refractivity contribution >= 4 is 27.4 Å². The molecule has 0 aliphatic heterocycles. The first-order valence-corrected chi connectivity index (χ1v) is 11.4. The third-order valence-corrected chi connectivity index (χ3v) is 7.10. The number of hydrogen-bond acceptors (Lipinski definition) is 5. The van der Waals surface area contributed by atoms with Crippen molar-refractivity contribution < 1.29 is 9.53 Å². The topological polar surface area (TPSA) is 62.1 Å². The number of fused-ring (bicyclic) bond motifs is 1. The Morgan fingerprint density at radius 2 is 2.00 bits per heavy atom. The number of nitrogens with zero attached hydrogens (tertiary/aromatic N) is 1. The molecule has 4 rings (SSSR count). The summed E-state index contributed by atoms with van der Waals surface area (Å²) in [6, 6.07) is 18.7. The second-order valence-corrected chi connectivity index (χ2v) is 9.04. The Labute approximate surface area is 181 Å². The first-order valence-electron chi connectivity index (χ1n) is 10.5. The van der Waals surface area contributed by atoms with E-state index in [1.165, 1.54) is 15.6 Å². The maximum Gasteiger partial charge on any atom is 0.313 e. The van der Waals surface area contributed by atoms with Gasteiger partial charge in [-0.1, -0.05) is 37.1 Å². The van der Waals surface area contributed by atoms with Crippen molar-refractivity contribution in [3.63, 3.8) is 0 Å². The van der Waals surface area contributed by atoms with Crippen LogP contribution < -0.4 is 5.32 Å². The standard InChI is InChI=1S/C25H26N2O2S/c1-2-29-24(28)25(11-5-6-12-25)17-27-16-18-9-10-22-20(13-18)14-23(30-22)21-8-4-3-7-19(21)15-26/h3-4,7-10,13-14,27H,2,5-6,11-12,16-17H2,1H3. The number of carbonyl (C=O) groups excluding carboxylic acids is 1. The van der Waals surface area contributed by atoms with Gasteiger partial charge in [-0.05, 0) is 55.0 Å². The Morgan fingerprint density at radius 3 is 2.77 bits per heavy atom. The van der Waals surface area contributed by atoms with E-state index in [-0.39, 0.29) is 11.4 Å². The van der Waals surface area contributed by atoms with Crippen LogP contribution in [0.3, 0.4) is 0 Å². The smallest absolute Gasteiger partial charge is 0.313 e. The van der Waals surface area contributed by atoms with Gasteiger partial charge in [-0.2, -0.15) is 5.26 Å². The highest BCUT2D eigenvalue weighted by atomic mass is 32.1. The molecule has 1 aliphatic rings. The largest absolute Gasteiger partial charge is 0.466 e. The number of esters is 1. The van der Waals surface area contributed by atoms with E-state index in [1.54, 1.807) is 11.3 Å². The summed E-state index contributed by atoms with van der Waals surface area (Å²) in [5.41, 5.74) is 2.51. The Morgan fingerprint density at radius 1 is 1.20 bits per heavy atom. The van der Waals surface area contributed by atoms with E-state index in [0.717, 1.165) is 42.7 Å². The van der Waals surface area contributed by atoms with Crippen molar-refractivity contribution in [2.45, 2.75) is 39.2 Å². The number of ether oxygens (including phenoxy) is 1. The molecule has 1 aliphatic carbocycles. The van der Waals surface area contributed by atoms with Gasteiger partial charge in [0, 0.05) is 28.2 Å². The van der Waals surface area contributed by atoms with E-state index >= 15 is 0 Å². The SMILES string of the molecule is CCOC(=O)C1(CNCc2ccc3sc(-c4ccccc4C#N)cc3c2)CCCC1. The summed E-state index contributed by atoms with van der Waals surface area (Å²) in [6.07, 6.45) is 4.00. The average Bonchev–Trinajstić information content (AvgIpc) is 3.41. The first kappa shape index (κ1) is 20.6. The lowest BCUT2D eigenvalue weighted by atomic mass is 9.86. The predicted octanol–water partition coefficient (Wildman–Crippen LogP) is 5.65. The number of carbonyl (C=O) groups is 1. The summed E-state index contributed by atoms with van der Waals surface area (Å²) < 4.78 is 6.56. The lowest BCUT2D eigenvalue weighted by molar-refractivity contribution is -0.154. The molecular formula is C25H26N2O2S. The van der Waals surface area contributed by atoms with Crippen LogP contribution in [0.4, 0.5) is 0 Å². The summed E-state index contributed by atoms with van der Waals surface area (Å²) in [4.78, 5) is 13.6. The molecule has 0 spiro atoms. The Balaban J connectivity index is 1.48. The fourth-order valence-electron chi connectivity index (χ4n) is 4.37. The van der Waals surface area contributed by atoms with Crippen LogP contribution in [0.25, 0.3) is 20.5 Å². The fraction of sp³-hybridized carbons (Fsp3) is 0.360. The van der Waals surface area contributed by atoms with Crippen molar-refractivity contribution in [2.24, 2.45) is 5.41 Å². The highest BCUT2D eigenvalue weighted by Crippen LogP contribution is 2.39. The molecule has 1 fully saturated rings. The molecule has 5 heteroatoms. The molecule has 1 heterocycles. The third kappa shape index (κ3) is 4.12. The maximum absolute atomic E-state index is 12.5. The fourth-order valence-corrected chi connectivity index (χ4v) is 5.45. The number of nitriles is 1. The second kappa shape index (κ2) is 8.99. The van der Waals surface area contributed by atoms with Gasteiger partial charge in [-0.3, -0.25) is 4.79 Å². The quantitative estimate of drug-likeness (QED) is 0.503. The van der Waals surface area contributed by atoms with Gasteiger partial charge >= 0.3 is 5.97 Å². The minimum absolute atomic E-state index is 0.0518. The lowest BCUT2D eigenvalue weighted by Crippen LogP contribution is -2.40. The third-order valence-electron chi connectivity index (χ3n) is 5.96. The zero-order chi connectivity index (χ0) is 21.0. The molecule has 1 saturated carbocycles. The average molecular weight is 419 g/mol. The van der Waals surface area contributed by atoms with Crippen molar-refractivity contribution in [3.05, 3.63) is 59.7 Å². The van der Waals surface area contributed by atoms with Crippen LogP contribution in [0, 0.1) is 16.7 Å². The summed E-state index contributed by atoms with van der Waals surface area (Å²) in [7, 11) is 0. The molecule has 1 N–H and O–H groups in total. The van der Waals surface area contributed by atoms with Crippen molar-refractivity contribution in [1.82, 2.24) is 5.32 Å². The summed E-state index contributed by atoms with van der Waals surface area (Å²) in [6.45, 7) is 3.69. The van der Waals surface area contributed by atoms with Crippen LogP contribution in [0.2, 0.25) is 0 Å². The van der Waals surface area contributed by atoms with Gasteiger partial charge in [0.05, 0.1) is 23.7 Å². The zero-order valence-electron chi connectivity index (χ0n) is 17.2. The molecule has 0 bridgehead atoms. The van der Waals surface area contributed by atoms with Crippen LogP contribution in [-0.4, -0.2) is 19.1 Å². The van der Waals surface area contributed by atoms with Gasteiger partial charge in [0.15, 0.2) is 0 Å². The number of thiophene rings is 1. The molecular weight excluding hydrogens is 392 g/mol. The number of benzene rings is 2. The molecule has 0 radical (unpaired) electrons. The molecule has 30 heavy (non-hydrogen) atoms. The molecule has 0 atom stereocenters. The Kier molecular flexibility index (Phi) is 6.17. The van der Waals surface area contributed by atoms with Gasteiger partial charge in [0.2, 0.25) is 0 Å². The van der Waals surface area contributed by atoms with Gasteiger partial charge < -0.3 is 10.1 Å². The minimum Gasteiger partial charge on any atom is -0.466 e. The maximum atomic E-state index is 12.5. The highest BCUT2D eigenvalue weighted by Gasteiger charge is 2.42. The molecule has 0 unspecified atom stereocenters. The van der Waals surface area contributed by atoms with E-state index in [4.69, 9.17) is 4.74 Å². The van der Waals surface area contributed by atoms with E-state index in [1.807, 2.05) is 31.2 Å². The molecule has 2 aromatic carbocycles. The summed E-state index contributed by atoms with van der Waals surface area (Å²) in [5, 5.41) is 14.1. The molecule has 1 aromatic heterocycles. The number of nitrogens with one attached hydrogen (secondary N) is 1. The number of rotatable bonds is 7. The molecule has 0 amide bonds. The monoisotopic (exact) mass is 418 g/mol. The van der Waals surface area contributed by atoms with Crippen LogP contribution in [0.1, 0.15) is 43.7 Å². The van der Waals surface area contributed by atoms with Gasteiger partial charge in [0.1, 0.15) is 0 Å². The van der Waals surface area contributed by atoms with Crippen LogP contribution in [0.5, 0.6) is 0 Å². The molecule has 3 aromatic rings. The summed E-state index contributed by atoms with van der Waals surface area (Å²) in [5.74, 6) is -0.0518. The van der Waals surface area contributed by atoms with Crippen molar-refractivity contribution in [3.8, 4) is 16.5 Å². The van der Waals surface area contributed by atoms with E-state index in [9.17, 15) is 10.1 Å². The minimum atomic E-state index is -0.364. The normalized spacial score (nSPS) is 15.2. The van der Waals surface area contributed by atoms with Crippen molar-refractivity contribution in [1.29, 1.82) is 5.26 Å². The molecule has 0 saturated heterocycles. The highest BCUT2D eigenvalue weighted by molar-refractivity contribution is 7.22. The summed E-state index contributed by atoms with van der Waals surface area (Å²) >= 11 is 1.71. The zero-order valence-corrected chi connectivity index (χ0v) is 18.1. The van der Waals surface area contributed by atoms with Crippen LogP contribution >= 0.6 is 11.3 Å².